The molecule has 2 rings (SSSR count). The highest BCUT2D eigenvalue weighted by molar-refractivity contribution is 7.99. The molecule has 0 saturated carbocycles. The second-order valence-electron chi connectivity index (χ2n) is 3.85. The maximum atomic E-state index is 8.71. The molecule has 1 aromatic heterocycles. The summed E-state index contributed by atoms with van der Waals surface area (Å²) < 4.78 is 5.38. The molecular formula is C11H17NO2S. The Morgan fingerprint density at radius 3 is 3.20 bits per heavy atom. The van der Waals surface area contributed by atoms with Crippen molar-refractivity contribution < 1.29 is 9.52 Å². The topological polar surface area (TPSA) is 46.3 Å². The Balaban J connectivity index is 1.93. The molecule has 1 aliphatic rings. The van der Waals surface area contributed by atoms with Crippen LogP contribution in [0.5, 0.6) is 0 Å². The van der Waals surface area contributed by atoms with Gasteiger partial charge in [-0.3, -0.25) is 0 Å². The zero-order chi connectivity index (χ0) is 10.5. The number of thioether (sulfide) groups is 1. The van der Waals surface area contributed by atoms with Gasteiger partial charge in [-0.2, -0.15) is 11.8 Å². The largest absolute Gasteiger partial charge is 0.449 e. The zero-order valence-electron chi connectivity index (χ0n) is 8.82. The van der Waals surface area contributed by atoms with Crippen molar-refractivity contribution in [1.82, 2.24) is 4.98 Å². The minimum absolute atomic E-state index is 0.204. The van der Waals surface area contributed by atoms with E-state index in [1.54, 1.807) is 6.26 Å². The lowest BCUT2D eigenvalue weighted by molar-refractivity contribution is 0.283. The molecule has 0 aliphatic carbocycles. The van der Waals surface area contributed by atoms with Gasteiger partial charge in [-0.1, -0.05) is 6.42 Å². The maximum absolute atomic E-state index is 8.71. The predicted molar refractivity (Wildman–Crippen MR) is 61.0 cm³/mol. The molecule has 0 bridgehead atoms. The molecule has 3 nitrogen and oxygen atoms in total. The monoisotopic (exact) mass is 227 g/mol. The average molecular weight is 227 g/mol. The third-order valence-corrected chi connectivity index (χ3v) is 4.03. The van der Waals surface area contributed by atoms with E-state index in [0.717, 1.165) is 24.4 Å². The van der Waals surface area contributed by atoms with Gasteiger partial charge in [-0.05, 0) is 25.0 Å². The van der Waals surface area contributed by atoms with Crippen molar-refractivity contribution in [3.05, 3.63) is 17.8 Å². The third kappa shape index (κ3) is 2.98. The molecule has 2 heterocycles. The lowest BCUT2D eigenvalue weighted by atomic mass is 10.1. The normalized spacial score (nSPS) is 21.8. The van der Waals surface area contributed by atoms with Gasteiger partial charge in [-0.25, -0.2) is 4.98 Å². The number of hydrogen-bond donors (Lipinski definition) is 1. The Labute approximate surface area is 94.3 Å². The smallest absolute Gasteiger partial charge is 0.194 e. The summed E-state index contributed by atoms with van der Waals surface area (Å²) in [5, 5.41) is 9.24. The van der Waals surface area contributed by atoms with Crippen molar-refractivity contribution in [2.75, 3.05) is 12.4 Å². The lowest BCUT2D eigenvalue weighted by Gasteiger charge is -2.18. The van der Waals surface area contributed by atoms with Gasteiger partial charge in [0.25, 0.3) is 0 Å². The summed E-state index contributed by atoms with van der Waals surface area (Å²) >= 11 is 1.98. The van der Waals surface area contributed by atoms with E-state index < -0.39 is 0 Å². The van der Waals surface area contributed by atoms with Crippen molar-refractivity contribution in [3.8, 4) is 0 Å². The van der Waals surface area contributed by atoms with Gasteiger partial charge in [0.2, 0.25) is 0 Å². The first-order chi connectivity index (χ1) is 7.40. The van der Waals surface area contributed by atoms with Crippen molar-refractivity contribution in [1.29, 1.82) is 0 Å². The molecule has 0 amide bonds. The fourth-order valence-corrected chi connectivity index (χ4v) is 3.06. The molecule has 15 heavy (non-hydrogen) atoms. The van der Waals surface area contributed by atoms with Gasteiger partial charge in [0.1, 0.15) is 6.26 Å². The fraction of sp³-hybridized carbons (Fsp3) is 0.727. The van der Waals surface area contributed by atoms with E-state index in [2.05, 4.69) is 4.98 Å². The van der Waals surface area contributed by atoms with Crippen LogP contribution in [0.3, 0.4) is 0 Å². The SMILES string of the molecule is OCCCc1nc(C2CCCCS2)co1. The van der Waals surface area contributed by atoms with Crippen LogP contribution >= 0.6 is 11.8 Å². The predicted octanol–water partition coefficient (Wildman–Crippen LogP) is 2.56. The third-order valence-electron chi connectivity index (χ3n) is 2.63. The van der Waals surface area contributed by atoms with E-state index in [9.17, 15) is 0 Å². The van der Waals surface area contributed by atoms with Gasteiger partial charge in [0.15, 0.2) is 5.89 Å². The standard InChI is InChI=1S/C11H17NO2S/c13-6-3-5-11-12-9(8-14-11)10-4-1-2-7-15-10/h8,10,13H,1-7H2. The summed E-state index contributed by atoms with van der Waals surface area (Å²) in [5.74, 6) is 2.01. The van der Waals surface area contributed by atoms with Gasteiger partial charge in [0, 0.05) is 13.0 Å². The first-order valence-electron chi connectivity index (χ1n) is 5.57. The van der Waals surface area contributed by atoms with Crippen molar-refractivity contribution in [3.63, 3.8) is 0 Å². The van der Waals surface area contributed by atoms with Crippen molar-refractivity contribution in [2.24, 2.45) is 0 Å². The Bertz CT molecular complexity index is 295. The first-order valence-corrected chi connectivity index (χ1v) is 6.62. The molecule has 1 N–H and O–H groups in total. The number of hydrogen-bond acceptors (Lipinski definition) is 4. The maximum Gasteiger partial charge on any atom is 0.194 e. The first kappa shape index (κ1) is 11.0. The van der Waals surface area contributed by atoms with Gasteiger partial charge >= 0.3 is 0 Å². The van der Waals surface area contributed by atoms with Crippen LogP contribution in [0.4, 0.5) is 0 Å². The molecular weight excluding hydrogens is 210 g/mol. The Kier molecular flexibility index (Phi) is 4.09. The quantitative estimate of drug-likeness (QED) is 0.858. The van der Waals surface area contributed by atoms with E-state index in [4.69, 9.17) is 9.52 Å². The van der Waals surface area contributed by atoms with Crippen LogP contribution < -0.4 is 0 Å². The summed E-state index contributed by atoms with van der Waals surface area (Å²) in [6, 6.07) is 0. The van der Waals surface area contributed by atoms with Crippen molar-refractivity contribution in [2.45, 2.75) is 37.4 Å². The minimum atomic E-state index is 0.204. The number of oxazole rings is 1. The molecule has 1 unspecified atom stereocenters. The molecule has 4 heteroatoms. The average Bonchev–Trinajstić information content (AvgIpc) is 2.76. The highest BCUT2D eigenvalue weighted by atomic mass is 32.2. The van der Waals surface area contributed by atoms with E-state index >= 15 is 0 Å². The van der Waals surface area contributed by atoms with Crippen molar-refractivity contribution >= 4 is 11.8 Å². The van der Waals surface area contributed by atoms with Crippen LogP contribution in [0.15, 0.2) is 10.7 Å². The minimum Gasteiger partial charge on any atom is -0.449 e. The van der Waals surface area contributed by atoms with Crippen LogP contribution in [0.1, 0.15) is 42.5 Å². The van der Waals surface area contributed by atoms with Crippen LogP contribution in [0.25, 0.3) is 0 Å². The highest BCUT2D eigenvalue weighted by Gasteiger charge is 2.19. The summed E-state index contributed by atoms with van der Waals surface area (Å²) in [5.41, 5.74) is 1.09. The van der Waals surface area contributed by atoms with Crippen LogP contribution in [-0.4, -0.2) is 22.5 Å². The second-order valence-corrected chi connectivity index (χ2v) is 5.16. The molecule has 1 aromatic rings. The molecule has 1 aliphatic heterocycles. The fourth-order valence-electron chi connectivity index (χ4n) is 1.79. The van der Waals surface area contributed by atoms with Crippen LogP contribution in [0, 0.1) is 0 Å². The number of nitrogens with zero attached hydrogens (tertiary/aromatic N) is 1. The van der Waals surface area contributed by atoms with Crippen LogP contribution in [0.2, 0.25) is 0 Å². The van der Waals surface area contributed by atoms with E-state index in [0.29, 0.717) is 5.25 Å². The molecule has 1 atom stereocenters. The summed E-state index contributed by atoms with van der Waals surface area (Å²) in [6.45, 7) is 0.204. The number of rotatable bonds is 4. The van der Waals surface area contributed by atoms with E-state index in [-0.39, 0.29) is 6.61 Å². The van der Waals surface area contributed by atoms with Crippen LogP contribution in [-0.2, 0) is 6.42 Å². The number of aliphatic hydroxyl groups excluding tert-OH is 1. The number of aromatic nitrogens is 1. The molecule has 0 spiro atoms. The van der Waals surface area contributed by atoms with E-state index in [1.165, 1.54) is 25.0 Å². The summed E-state index contributed by atoms with van der Waals surface area (Å²) in [4.78, 5) is 4.47. The number of aryl methyl sites for hydroxylation is 1. The molecule has 0 radical (unpaired) electrons. The Morgan fingerprint density at radius 2 is 2.47 bits per heavy atom. The van der Waals surface area contributed by atoms with Gasteiger partial charge < -0.3 is 9.52 Å². The van der Waals surface area contributed by atoms with E-state index in [1.807, 2.05) is 11.8 Å². The number of aliphatic hydroxyl groups is 1. The molecule has 1 fully saturated rings. The second kappa shape index (κ2) is 5.56. The molecule has 1 saturated heterocycles. The van der Waals surface area contributed by atoms with Gasteiger partial charge in [-0.15, -0.1) is 0 Å². The molecule has 0 aromatic carbocycles. The highest BCUT2D eigenvalue weighted by Crippen LogP contribution is 2.37. The summed E-state index contributed by atoms with van der Waals surface area (Å²) in [6.07, 6.45) is 7.12. The Hall–Kier alpha value is -0.480. The Morgan fingerprint density at radius 1 is 1.53 bits per heavy atom. The lowest BCUT2D eigenvalue weighted by Crippen LogP contribution is -2.02. The molecule has 84 valence electrons. The zero-order valence-corrected chi connectivity index (χ0v) is 9.63. The summed E-state index contributed by atoms with van der Waals surface area (Å²) in [7, 11) is 0. The van der Waals surface area contributed by atoms with Gasteiger partial charge in [0.05, 0.1) is 10.9 Å².